The molecule has 23 heavy (non-hydrogen) atoms. The maximum atomic E-state index is 12.0. The summed E-state index contributed by atoms with van der Waals surface area (Å²) in [7, 11) is 0. The van der Waals surface area contributed by atoms with Gasteiger partial charge in [-0.3, -0.25) is 4.79 Å². The van der Waals surface area contributed by atoms with Crippen LogP contribution in [0.15, 0.2) is 45.3 Å². The summed E-state index contributed by atoms with van der Waals surface area (Å²) in [4.78, 5) is 23.7. The highest BCUT2D eigenvalue weighted by Crippen LogP contribution is 2.19. The van der Waals surface area contributed by atoms with Crippen molar-refractivity contribution in [3.05, 3.63) is 52.0 Å². The second kappa shape index (κ2) is 7.57. The van der Waals surface area contributed by atoms with E-state index < -0.39 is 5.97 Å². The van der Waals surface area contributed by atoms with Gasteiger partial charge in [0.2, 0.25) is 5.76 Å². The Morgan fingerprint density at radius 3 is 2.78 bits per heavy atom. The first-order valence-corrected chi connectivity index (χ1v) is 7.01. The number of rotatable bonds is 6. The van der Waals surface area contributed by atoms with Crippen molar-refractivity contribution in [2.75, 3.05) is 25.1 Å². The number of benzene rings is 1. The lowest BCUT2D eigenvalue weighted by molar-refractivity contribution is 0.0490. The second-order valence-electron chi connectivity index (χ2n) is 4.60. The van der Waals surface area contributed by atoms with Crippen molar-refractivity contribution in [3.8, 4) is 0 Å². The summed E-state index contributed by atoms with van der Waals surface area (Å²) < 4.78 is 10.2. The SMILES string of the molecule is CCOC(=O)c1cc(=O)c2ccc(N/C(=C\CO)CO)cc2o1. The zero-order chi connectivity index (χ0) is 16.8. The molecular weight excluding hydrogens is 302 g/mol. The third-order valence-corrected chi connectivity index (χ3v) is 3.02. The van der Waals surface area contributed by atoms with E-state index in [1.54, 1.807) is 19.1 Å². The Bertz CT molecular complexity index is 793. The summed E-state index contributed by atoms with van der Waals surface area (Å²) in [6, 6.07) is 5.80. The molecule has 0 saturated carbocycles. The smallest absolute Gasteiger partial charge is 0.374 e. The van der Waals surface area contributed by atoms with Gasteiger partial charge in [-0.25, -0.2) is 4.79 Å². The van der Waals surface area contributed by atoms with Crippen LogP contribution in [0.2, 0.25) is 0 Å². The lowest BCUT2D eigenvalue weighted by Gasteiger charge is -2.09. The monoisotopic (exact) mass is 319 g/mol. The number of hydrogen-bond donors (Lipinski definition) is 3. The maximum absolute atomic E-state index is 12.0. The van der Waals surface area contributed by atoms with Crippen LogP contribution in [0.4, 0.5) is 5.69 Å². The minimum atomic E-state index is -0.707. The summed E-state index contributed by atoms with van der Waals surface area (Å²) >= 11 is 0. The molecule has 0 aliphatic carbocycles. The zero-order valence-electron chi connectivity index (χ0n) is 12.5. The van der Waals surface area contributed by atoms with E-state index in [4.69, 9.17) is 14.3 Å². The molecule has 0 bridgehead atoms. The first-order valence-electron chi connectivity index (χ1n) is 7.01. The molecule has 2 rings (SSSR count). The summed E-state index contributed by atoms with van der Waals surface area (Å²) in [5.74, 6) is -0.879. The van der Waals surface area contributed by atoms with Crippen molar-refractivity contribution in [2.45, 2.75) is 6.92 Å². The standard InChI is InChI=1S/C16H17NO6/c1-2-22-16(21)15-8-13(20)12-4-3-10(7-14(12)23-15)17-11(9-19)5-6-18/h3-5,7-8,17-19H,2,6,9H2,1H3/b11-5-. The van der Waals surface area contributed by atoms with Gasteiger partial charge in [-0.05, 0) is 25.1 Å². The van der Waals surface area contributed by atoms with E-state index in [9.17, 15) is 14.7 Å². The number of anilines is 1. The van der Waals surface area contributed by atoms with Gasteiger partial charge in [0.15, 0.2) is 5.43 Å². The lowest BCUT2D eigenvalue weighted by Crippen LogP contribution is -2.10. The van der Waals surface area contributed by atoms with Crippen LogP contribution >= 0.6 is 0 Å². The highest BCUT2D eigenvalue weighted by molar-refractivity contribution is 5.89. The lowest BCUT2D eigenvalue weighted by atomic mass is 10.2. The molecule has 1 heterocycles. The van der Waals surface area contributed by atoms with Crippen LogP contribution in [0, 0.1) is 0 Å². The van der Waals surface area contributed by atoms with Crippen LogP contribution in [-0.2, 0) is 4.74 Å². The van der Waals surface area contributed by atoms with Crippen molar-refractivity contribution in [1.82, 2.24) is 0 Å². The predicted molar refractivity (Wildman–Crippen MR) is 84.3 cm³/mol. The summed E-state index contributed by atoms with van der Waals surface area (Å²) in [5, 5.41) is 21.2. The fourth-order valence-corrected chi connectivity index (χ4v) is 1.99. The van der Waals surface area contributed by atoms with Gasteiger partial charge in [-0.1, -0.05) is 0 Å². The highest BCUT2D eigenvalue weighted by atomic mass is 16.5. The number of aliphatic hydroxyl groups is 2. The van der Waals surface area contributed by atoms with Crippen molar-refractivity contribution >= 4 is 22.6 Å². The topological polar surface area (TPSA) is 109 Å². The molecule has 7 heteroatoms. The molecule has 3 N–H and O–H groups in total. The van der Waals surface area contributed by atoms with Crippen LogP contribution < -0.4 is 10.7 Å². The van der Waals surface area contributed by atoms with Gasteiger partial charge in [0.1, 0.15) is 5.58 Å². The number of esters is 1. The normalized spacial score (nSPS) is 11.5. The molecule has 2 aromatic rings. The molecule has 1 aromatic heterocycles. The van der Waals surface area contributed by atoms with Crippen LogP contribution in [-0.4, -0.2) is 36.0 Å². The molecule has 0 aliphatic heterocycles. The van der Waals surface area contributed by atoms with Crippen molar-refractivity contribution in [1.29, 1.82) is 0 Å². The number of carbonyl (C=O) groups is 1. The number of aliphatic hydroxyl groups excluding tert-OH is 2. The molecule has 0 radical (unpaired) electrons. The van der Waals surface area contributed by atoms with Crippen molar-refractivity contribution in [2.24, 2.45) is 0 Å². The van der Waals surface area contributed by atoms with Crippen molar-refractivity contribution in [3.63, 3.8) is 0 Å². The number of carbonyl (C=O) groups excluding carboxylic acids is 1. The summed E-state index contributed by atoms with van der Waals surface area (Å²) in [6.45, 7) is 1.32. The fraction of sp³-hybridized carbons (Fsp3) is 0.250. The summed E-state index contributed by atoms with van der Waals surface area (Å²) in [6.07, 6.45) is 1.41. The quantitative estimate of drug-likeness (QED) is 0.687. The van der Waals surface area contributed by atoms with Crippen LogP contribution in [0.1, 0.15) is 17.5 Å². The van der Waals surface area contributed by atoms with E-state index in [-0.39, 0.29) is 36.6 Å². The molecule has 0 atom stereocenters. The number of hydrogen-bond acceptors (Lipinski definition) is 7. The highest BCUT2D eigenvalue weighted by Gasteiger charge is 2.13. The Kier molecular flexibility index (Phi) is 5.51. The van der Waals surface area contributed by atoms with Crippen LogP contribution in [0.3, 0.4) is 0 Å². The fourth-order valence-electron chi connectivity index (χ4n) is 1.99. The first-order chi connectivity index (χ1) is 11.1. The van der Waals surface area contributed by atoms with Gasteiger partial charge in [0.05, 0.1) is 25.2 Å². The third-order valence-electron chi connectivity index (χ3n) is 3.02. The van der Waals surface area contributed by atoms with E-state index in [1.165, 1.54) is 12.1 Å². The minimum Gasteiger partial charge on any atom is -0.460 e. The molecule has 0 amide bonds. The molecule has 1 aromatic carbocycles. The molecular formula is C16H17NO6. The number of fused-ring (bicyclic) bond motifs is 1. The molecule has 0 fully saturated rings. The maximum Gasteiger partial charge on any atom is 0.374 e. The van der Waals surface area contributed by atoms with E-state index >= 15 is 0 Å². The Balaban J connectivity index is 2.43. The predicted octanol–water partition coefficient (Wildman–Crippen LogP) is 1.25. The Hall–Kier alpha value is -2.64. The van der Waals surface area contributed by atoms with Crippen LogP contribution in [0.25, 0.3) is 11.0 Å². The average molecular weight is 319 g/mol. The third kappa shape index (κ3) is 3.97. The zero-order valence-corrected chi connectivity index (χ0v) is 12.5. The van der Waals surface area contributed by atoms with E-state index in [2.05, 4.69) is 5.32 Å². The molecule has 0 aliphatic rings. The second-order valence-corrected chi connectivity index (χ2v) is 4.60. The van der Waals surface area contributed by atoms with Gasteiger partial charge >= 0.3 is 5.97 Å². The minimum absolute atomic E-state index is 0.171. The van der Waals surface area contributed by atoms with Crippen molar-refractivity contribution < 1.29 is 24.2 Å². The van der Waals surface area contributed by atoms with E-state index in [0.717, 1.165) is 6.07 Å². The first kappa shape index (κ1) is 16.7. The molecule has 0 spiro atoms. The van der Waals surface area contributed by atoms with Gasteiger partial charge in [-0.2, -0.15) is 0 Å². The molecule has 0 unspecified atom stereocenters. The van der Waals surface area contributed by atoms with Gasteiger partial charge < -0.3 is 24.7 Å². The van der Waals surface area contributed by atoms with Gasteiger partial charge in [0.25, 0.3) is 0 Å². The molecule has 7 nitrogen and oxygen atoms in total. The molecule has 0 saturated heterocycles. The van der Waals surface area contributed by atoms with E-state index in [0.29, 0.717) is 16.8 Å². The van der Waals surface area contributed by atoms with Crippen LogP contribution in [0.5, 0.6) is 0 Å². The van der Waals surface area contributed by atoms with Gasteiger partial charge in [-0.15, -0.1) is 0 Å². The Labute approximate surface area is 131 Å². The Morgan fingerprint density at radius 1 is 1.35 bits per heavy atom. The largest absolute Gasteiger partial charge is 0.460 e. The molecule has 122 valence electrons. The number of nitrogens with one attached hydrogen (secondary N) is 1. The average Bonchev–Trinajstić information content (AvgIpc) is 2.54. The number of ether oxygens (including phenoxy) is 1. The van der Waals surface area contributed by atoms with E-state index in [1.807, 2.05) is 0 Å². The Morgan fingerprint density at radius 2 is 2.13 bits per heavy atom. The summed E-state index contributed by atoms with van der Waals surface area (Å²) in [5.41, 5.74) is 0.798. The van der Waals surface area contributed by atoms with Gasteiger partial charge in [0, 0.05) is 23.5 Å².